The topological polar surface area (TPSA) is 94.6 Å². The van der Waals surface area contributed by atoms with Gasteiger partial charge in [0.05, 0.1) is 12.7 Å². The van der Waals surface area contributed by atoms with Crippen LogP contribution in [0.25, 0.3) is 11.1 Å². The Morgan fingerprint density at radius 1 is 0.941 bits per heavy atom. The first-order valence-corrected chi connectivity index (χ1v) is 10.9. The number of esters is 2. The third kappa shape index (κ3) is 6.75. The van der Waals surface area contributed by atoms with Gasteiger partial charge in [0.2, 0.25) is 5.91 Å². The summed E-state index contributed by atoms with van der Waals surface area (Å²) in [5, 5.41) is 2.80. The smallest absolute Gasteiger partial charge is 0.337 e. The summed E-state index contributed by atoms with van der Waals surface area (Å²) in [5.41, 5.74) is 2.22. The summed E-state index contributed by atoms with van der Waals surface area (Å²) in [6, 6.07) is 17.8. The van der Waals surface area contributed by atoms with Crippen LogP contribution in [-0.4, -0.2) is 35.5 Å². The fraction of sp³-hybridized carbons (Fsp3) is 0.259. The molecule has 176 valence electrons. The zero-order chi connectivity index (χ0) is 24.7. The molecule has 0 bridgehead atoms. The molecular formula is C27H28N2O5. The molecule has 2 aromatic carbocycles. The minimum absolute atomic E-state index is 0.176. The first kappa shape index (κ1) is 24.6. The largest absolute Gasteiger partial charge is 0.465 e. The molecular weight excluding hydrogens is 432 g/mol. The molecule has 0 aliphatic rings. The van der Waals surface area contributed by atoms with Crippen LogP contribution in [-0.2, 0) is 25.5 Å². The number of pyridine rings is 1. The Morgan fingerprint density at radius 3 is 2.24 bits per heavy atom. The Morgan fingerprint density at radius 2 is 1.62 bits per heavy atom. The number of ether oxygens (including phenoxy) is 2. The summed E-state index contributed by atoms with van der Waals surface area (Å²) in [6.07, 6.45) is 3.45. The molecule has 34 heavy (non-hydrogen) atoms. The number of amides is 1. The van der Waals surface area contributed by atoms with Gasteiger partial charge in [0, 0.05) is 18.1 Å². The lowest BCUT2D eigenvalue weighted by Gasteiger charge is -2.24. The van der Waals surface area contributed by atoms with Crippen LogP contribution in [0.3, 0.4) is 0 Å². The van der Waals surface area contributed by atoms with Crippen molar-refractivity contribution in [1.29, 1.82) is 0 Å². The molecule has 1 aromatic heterocycles. The molecule has 1 heterocycles. The first-order chi connectivity index (χ1) is 16.2. The zero-order valence-electron chi connectivity index (χ0n) is 19.7. The van der Waals surface area contributed by atoms with Gasteiger partial charge in [0.1, 0.15) is 11.5 Å². The fourth-order valence-electron chi connectivity index (χ4n) is 3.38. The van der Waals surface area contributed by atoms with Gasteiger partial charge in [0.25, 0.3) is 0 Å². The highest BCUT2D eigenvalue weighted by Gasteiger charge is 2.32. The first-order valence-electron chi connectivity index (χ1n) is 10.9. The summed E-state index contributed by atoms with van der Waals surface area (Å²) < 4.78 is 10.4. The molecule has 1 N–H and O–H groups in total. The highest BCUT2D eigenvalue weighted by molar-refractivity contribution is 6.06. The van der Waals surface area contributed by atoms with Crippen molar-refractivity contribution in [2.45, 2.75) is 32.8 Å². The van der Waals surface area contributed by atoms with Crippen LogP contribution in [0.2, 0.25) is 0 Å². The van der Waals surface area contributed by atoms with Crippen LogP contribution in [0.1, 0.15) is 36.7 Å². The number of benzene rings is 2. The Bertz CT molecular complexity index is 1150. The summed E-state index contributed by atoms with van der Waals surface area (Å²) in [4.78, 5) is 42.5. The van der Waals surface area contributed by atoms with E-state index in [1.807, 2.05) is 30.3 Å². The van der Waals surface area contributed by atoms with Gasteiger partial charge >= 0.3 is 11.9 Å². The predicted molar refractivity (Wildman–Crippen MR) is 129 cm³/mol. The maximum absolute atomic E-state index is 13.3. The second-order valence-corrected chi connectivity index (χ2v) is 8.79. The summed E-state index contributed by atoms with van der Waals surface area (Å²) in [5.74, 6) is -2.76. The number of nitrogens with one attached hydrogen (secondary N) is 1. The van der Waals surface area contributed by atoms with Crippen molar-refractivity contribution in [1.82, 2.24) is 4.98 Å². The summed E-state index contributed by atoms with van der Waals surface area (Å²) in [7, 11) is 1.29. The standard InChI is InChI=1S/C27H28N2O5/c1-27(2,3)34-26(32)23(14-18-8-6-5-7-9-18)24(30)29-22-16-20(19-10-12-28-13-11-19)15-21(17-22)25(31)33-4/h5-13,15-17,23H,14H2,1-4H3,(H,29,30)/t23-/m0/s1. The van der Waals surface area contributed by atoms with Gasteiger partial charge < -0.3 is 14.8 Å². The minimum Gasteiger partial charge on any atom is -0.465 e. The van der Waals surface area contributed by atoms with Crippen LogP contribution >= 0.6 is 0 Å². The van der Waals surface area contributed by atoms with Gasteiger partial charge in [-0.3, -0.25) is 14.6 Å². The zero-order valence-corrected chi connectivity index (χ0v) is 19.7. The van der Waals surface area contributed by atoms with Gasteiger partial charge in [-0.2, -0.15) is 0 Å². The van der Waals surface area contributed by atoms with Crippen molar-refractivity contribution in [3.8, 4) is 11.1 Å². The summed E-state index contributed by atoms with van der Waals surface area (Å²) in [6.45, 7) is 5.26. The monoisotopic (exact) mass is 460 g/mol. The lowest BCUT2D eigenvalue weighted by Crippen LogP contribution is -2.37. The fourth-order valence-corrected chi connectivity index (χ4v) is 3.38. The summed E-state index contributed by atoms with van der Waals surface area (Å²) >= 11 is 0. The molecule has 0 fully saturated rings. The van der Waals surface area contributed by atoms with Gasteiger partial charge in [-0.25, -0.2) is 4.79 Å². The Kier molecular flexibility index (Phi) is 7.79. The Labute approximate surface area is 199 Å². The van der Waals surface area contributed by atoms with E-state index in [1.165, 1.54) is 13.2 Å². The van der Waals surface area contributed by atoms with Gasteiger partial charge in [-0.1, -0.05) is 30.3 Å². The second kappa shape index (κ2) is 10.7. The van der Waals surface area contributed by atoms with E-state index in [0.717, 1.165) is 11.1 Å². The molecule has 0 aliphatic carbocycles. The van der Waals surface area contributed by atoms with Gasteiger partial charge in [-0.15, -0.1) is 0 Å². The minimum atomic E-state index is -1.08. The molecule has 0 aliphatic heterocycles. The van der Waals surface area contributed by atoms with Crippen LogP contribution in [0.5, 0.6) is 0 Å². The van der Waals surface area contributed by atoms with E-state index in [2.05, 4.69) is 10.3 Å². The van der Waals surface area contributed by atoms with Crippen molar-refractivity contribution < 1.29 is 23.9 Å². The third-order valence-corrected chi connectivity index (χ3v) is 4.93. The molecule has 0 spiro atoms. The second-order valence-electron chi connectivity index (χ2n) is 8.79. The van der Waals surface area contributed by atoms with Crippen LogP contribution in [0.4, 0.5) is 5.69 Å². The number of methoxy groups -OCH3 is 1. The molecule has 3 rings (SSSR count). The van der Waals surface area contributed by atoms with Crippen molar-refractivity contribution in [3.63, 3.8) is 0 Å². The van der Waals surface area contributed by atoms with Crippen molar-refractivity contribution in [2.75, 3.05) is 12.4 Å². The van der Waals surface area contributed by atoms with E-state index in [4.69, 9.17) is 9.47 Å². The maximum atomic E-state index is 13.3. The molecule has 0 radical (unpaired) electrons. The molecule has 1 amide bonds. The molecule has 3 aromatic rings. The number of aromatic nitrogens is 1. The van der Waals surface area contributed by atoms with E-state index < -0.39 is 29.4 Å². The van der Waals surface area contributed by atoms with Crippen molar-refractivity contribution >= 4 is 23.5 Å². The number of anilines is 1. The third-order valence-electron chi connectivity index (χ3n) is 4.93. The van der Waals surface area contributed by atoms with E-state index in [0.29, 0.717) is 11.3 Å². The van der Waals surface area contributed by atoms with Crippen LogP contribution in [0, 0.1) is 5.92 Å². The van der Waals surface area contributed by atoms with E-state index in [9.17, 15) is 14.4 Å². The van der Waals surface area contributed by atoms with Crippen LogP contribution in [0.15, 0.2) is 73.1 Å². The normalized spacial score (nSPS) is 11.9. The number of nitrogens with zero attached hydrogens (tertiary/aromatic N) is 1. The lowest BCUT2D eigenvalue weighted by atomic mass is 9.97. The number of hydrogen-bond donors (Lipinski definition) is 1. The van der Waals surface area contributed by atoms with E-state index in [-0.39, 0.29) is 12.0 Å². The molecule has 1 atom stereocenters. The van der Waals surface area contributed by atoms with E-state index in [1.54, 1.807) is 57.4 Å². The van der Waals surface area contributed by atoms with E-state index >= 15 is 0 Å². The number of rotatable bonds is 7. The molecule has 0 saturated carbocycles. The average molecular weight is 461 g/mol. The number of carbonyl (C=O) groups is 3. The number of hydrogen-bond acceptors (Lipinski definition) is 6. The highest BCUT2D eigenvalue weighted by Crippen LogP contribution is 2.26. The predicted octanol–water partition coefficient (Wildman–Crippen LogP) is 4.67. The van der Waals surface area contributed by atoms with Crippen LogP contribution < -0.4 is 5.32 Å². The molecule has 0 saturated heterocycles. The van der Waals surface area contributed by atoms with Crippen molar-refractivity contribution in [2.24, 2.45) is 5.92 Å². The maximum Gasteiger partial charge on any atom is 0.337 e. The molecule has 7 heteroatoms. The Balaban J connectivity index is 1.94. The Hall–Kier alpha value is -4.00. The molecule has 7 nitrogen and oxygen atoms in total. The highest BCUT2D eigenvalue weighted by atomic mass is 16.6. The lowest BCUT2D eigenvalue weighted by molar-refractivity contribution is -0.161. The SMILES string of the molecule is COC(=O)c1cc(NC(=O)[C@H](Cc2ccccc2)C(=O)OC(C)(C)C)cc(-c2ccncc2)c1. The number of carbonyl (C=O) groups excluding carboxylic acids is 3. The van der Waals surface area contributed by atoms with Gasteiger partial charge in [0.15, 0.2) is 0 Å². The quantitative estimate of drug-likeness (QED) is 0.407. The average Bonchev–Trinajstić information content (AvgIpc) is 2.81. The van der Waals surface area contributed by atoms with Crippen molar-refractivity contribution in [3.05, 3.63) is 84.2 Å². The molecule has 0 unspecified atom stereocenters. The van der Waals surface area contributed by atoms with Gasteiger partial charge in [-0.05, 0) is 74.2 Å².